The predicted octanol–water partition coefficient (Wildman–Crippen LogP) is 6.73. The second kappa shape index (κ2) is 8.25. The smallest absolute Gasteiger partial charge is 0.206 e. The van der Waals surface area contributed by atoms with E-state index in [2.05, 4.69) is 0 Å². The number of halogens is 6. The number of hydrogen-bond donors (Lipinski definition) is 0. The first-order valence-corrected chi connectivity index (χ1v) is 9.35. The molecule has 0 bridgehead atoms. The summed E-state index contributed by atoms with van der Waals surface area (Å²) in [6.45, 7) is 5.36. The minimum absolute atomic E-state index is 0.257. The molecule has 0 saturated carbocycles. The number of rotatable bonds is 8. The maximum Gasteiger partial charge on any atom is 0.259 e. The fourth-order valence-electron chi connectivity index (χ4n) is 1.42. The topological polar surface area (TPSA) is 0 Å². The molecular weight excluding hydrogens is 370 g/mol. The largest absolute Gasteiger partial charge is 0.259 e. The first-order chi connectivity index (χ1) is 10.9. The fraction of sp³-hybridized carbons (Fsp3) is 0.625. The van der Waals surface area contributed by atoms with E-state index in [1.54, 1.807) is 0 Å². The zero-order valence-corrected chi connectivity index (χ0v) is 15.4. The van der Waals surface area contributed by atoms with Crippen LogP contribution < -0.4 is 0 Å². The maximum atomic E-state index is 14.0. The van der Waals surface area contributed by atoms with Crippen molar-refractivity contribution < 1.29 is 26.3 Å². The van der Waals surface area contributed by atoms with E-state index < -0.39 is 46.8 Å². The molecule has 0 aliphatic heterocycles. The van der Waals surface area contributed by atoms with Gasteiger partial charge in [0.25, 0.3) is 11.8 Å². The van der Waals surface area contributed by atoms with Crippen LogP contribution in [0.25, 0.3) is 0 Å². The Morgan fingerprint density at radius 1 is 0.750 bits per heavy atom. The molecule has 0 saturated heterocycles. The summed E-state index contributed by atoms with van der Waals surface area (Å²) in [5.74, 6) is -11.8. The van der Waals surface area contributed by atoms with Gasteiger partial charge in [-0.05, 0) is 12.1 Å². The van der Waals surface area contributed by atoms with Gasteiger partial charge in [-0.2, -0.15) is 0 Å². The highest BCUT2D eigenvalue weighted by atomic mass is 32.2. The van der Waals surface area contributed by atoms with Crippen molar-refractivity contribution in [2.75, 3.05) is 11.5 Å². The van der Waals surface area contributed by atoms with Crippen molar-refractivity contribution in [3.05, 3.63) is 23.8 Å². The van der Waals surface area contributed by atoms with Gasteiger partial charge in [-0.3, -0.25) is 0 Å². The lowest BCUT2D eigenvalue weighted by atomic mass is 10.1. The van der Waals surface area contributed by atoms with Crippen LogP contribution in [-0.2, 0) is 0 Å². The molecule has 138 valence electrons. The summed E-state index contributed by atoms with van der Waals surface area (Å²) in [7, 11) is 0. The average Bonchev–Trinajstić information content (AvgIpc) is 2.47. The molecule has 0 heterocycles. The predicted molar refractivity (Wildman–Crippen MR) is 87.4 cm³/mol. The van der Waals surface area contributed by atoms with Crippen LogP contribution in [0.3, 0.4) is 0 Å². The molecule has 0 atom stereocenters. The monoisotopic (exact) mass is 390 g/mol. The number of benzene rings is 1. The summed E-state index contributed by atoms with van der Waals surface area (Å²) in [6.07, 6.45) is 0. The van der Waals surface area contributed by atoms with E-state index in [1.807, 2.05) is 0 Å². The van der Waals surface area contributed by atoms with E-state index in [1.165, 1.54) is 27.7 Å². The van der Waals surface area contributed by atoms with E-state index in [0.29, 0.717) is 23.5 Å². The fourth-order valence-corrected chi connectivity index (χ4v) is 3.54. The molecule has 24 heavy (non-hydrogen) atoms. The zero-order valence-electron chi connectivity index (χ0n) is 13.8. The Balaban J connectivity index is 2.83. The van der Waals surface area contributed by atoms with Crippen molar-refractivity contribution in [3.8, 4) is 0 Å². The average molecular weight is 390 g/mol. The summed E-state index contributed by atoms with van der Waals surface area (Å²) < 4.78 is 82.1. The van der Waals surface area contributed by atoms with Gasteiger partial charge in [0.15, 0.2) is 11.6 Å². The maximum absolute atomic E-state index is 14.0. The molecule has 1 aromatic rings. The minimum Gasteiger partial charge on any atom is -0.206 e. The van der Waals surface area contributed by atoms with Gasteiger partial charge in [0.2, 0.25) is 0 Å². The van der Waals surface area contributed by atoms with Crippen molar-refractivity contribution in [2.45, 2.75) is 49.3 Å². The quantitative estimate of drug-likeness (QED) is 0.356. The van der Waals surface area contributed by atoms with Crippen LogP contribution >= 0.6 is 23.5 Å². The Bertz CT molecular complexity index is 509. The third-order valence-corrected chi connectivity index (χ3v) is 5.85. The van der Waals surface area contributed by atoms with E-state index in [-0.39, 0.29) is 9.79 Å². The van der Waals surface area contributed by atoms with Gasteiger partial charge in [-0.15, -0.1) is 23.5 Å². The molecule has 0 aromatic heterocycles. The van der Waals surface area contributed by atoms with Gasteiger partial charge in [-0.25, -0.2) is 26.3 Å². The van der Waals surface area contributed by atoms with Crippen LogP contribution in [-0.4, -0.2) is 23.4 Å². The highest BCUT2D eigenvalue weighted by molar-refractivity contribution is 7.99. The van der Waals surface area contributed by atoms with Crippen LogP contribution in [0, 0.1) is 23.5 Å². The van der Waals surface area contributed by atoms with Crippen molar-refractivity contribution in [3.63, 3.8) is 0 Å². The summed E-state index contributed by atoms with van der Waals surface area (Å²) in [5.41, 5.74) is 0. The molecule has 0 N–H and O–H groups in total. The zero-order chi connectivity index (χ0) is 18.7. The summed E-state index contributed by atoms with van der Waals surface area (Å²) in [5, 5.41) is 0. The van der Waals surface area contributed by atoms with Gasteiger partial charge in [0.05, 0.1) is 11.5 Å². The Morgan fingerprint density at radius 2 is 1.04 bits per heavy atom. The molecule has 0 fully saturated rings. The van der Waals surface area contributed by atoms with Gasteiger partial charge in [0.1, 0.15) is 0 Å². The van der Waals surface area contributed by atoms with Crippen LogP contribution in [0.2, 0.25) is 0 Å². The number of thioether (sulfide) groups is 2. The molecule has 8 heteroatoms. The van der Waals surface area contributed by atoms with Gasteiger partial charge < -0.3 is 0 Å². The van der Waals surface area contributed by atoms with Crippen molar-refractivity contribution in [1.82, 2.24) is 0 Å². The summed E-state index contributed by atoms with van der Waals surface area (Å²) in [4.78, 5) is -0.513. The molecule has 0 aliphatic rings. The third-order valence-electron chi connectivity index (χ3n) is 3.54. The van der Waals surface area contributed by atoms with Gasteiger partial charge >= 0.3 is 0 Å². The van der Waals surface area contributed by atoms with Crippen molar-refractivity contribution in [1.29, 1.82) is 0 Å². The molecule has 0 amide bonds. The molecule has 0 unspecified atom stereocenters. The van der Waals surface area contributed by atoms with Crippen molar-refractivity contribution in [2.24, 2.45) is 11.8 Å². The lowest BCUT2D eigenvalue weighted by Gasteiger charge is -2.21. The molecule has 1 rings (SSSR count). The van der Waals surface area contributed by atoms with Crippen LogP contribution in [0.15, 0.2) is 21.9 Å². The molecule has 0 radical (unpaired) electrons. The lowest BCUT2D eigenvalue weighted by molar-refractivity contribution is -0.0204. The van der Waals surface area contributed by atoms with E-state index >= 15 is 0 Å². The number of alkyl halides is 4. The molecule has 1 aromatic carbocycles. The molecular formula is C16H20F6S2. The second-order valence-electron chi connectivity index (χ2n) is 6.10. The summed E-state index contributed by atoms with van der Waals surface area (Å²) in [6, 6.07) is 2.30. The molecule has 0 nitrogen and oxygen atoms in total. The normalized spacial score (nSPS) is 13.2. The first kappa shape index (κ1) is 21.5. The highest BCUT2D eigenvalue weighted by Crippen LogP contribution is 2.37. The van der Waals surface area contributed by atoms with Crippen molar-refractivity contribution >= 4 is 23.5 Å². The summed E-state index contributed by atoms with van der Waals surface area (Å²) >= 11 is 1.02. The van der Waals surface area contributed by atoms with Gasteiger partial charge in [0, 0.05) is 21.6 Å². The Hall–Kier alpha value is -0.500. The minimum atomic E-state index is -3.01. The van der Waals surface area contributed by atoms with E-state index in [9.17, 15) is 26.3 Å². The Morgan fingerprint density at radius 3 is 1.29 bits per heavy atom. The first-order valence-electron chi connectivity index (χ1n) is 7.37. The molecule has 0 aliphatic carbocycles. The number of hydrogen-bond acceptors (Lipinski definition) is 2. The van der Waals surface area contributed by atoms with Crippen LogP contribution in [0.1, 0.15) is 27.7 Å². The third kappa shape index (κ3) is 5.51. The SMILES string of the molecule is CC(C)C(F)(F)CSc1ccc(SCC(F)(F)C(C)C)c(F)c1F. The Kier molecular flexibility index (Phi) is 7.41. The lowest BCUT2D eigenvalue weighted by Crippen LogP contribution is -2.27. The molecule has 0 spiro atoms. The Labute approximate surface area is 146 Å². The van der Waals surface area contributed by atoms with Gasteiger partial charge in [-0.1, -0.05) is 27.7 Å². The van der Waals surface area contributed by atoms with Crippen LogP contribution in [0.4, 0.5) is 26.3 Å². The van der Waals surface area contributed by atoms with Crippen LogP contribution in [0.5, 0.6) is 0 Å². The highest BCUT2D eigenvalue weighted by Gasteiger charge is 2.35. The standard InChI is InChI=1S/C16H20F6S2/c1-9(2)15(19,20)7-23-11-5-6-12(14(18)13(11)17)24-8-16(21,22)10(3)4/h5-6,9-10H,7-8H2,1-4H3. The second-order valence-corrected chi connectivity index (χ2v) is 8.13. The van der Waals surface area contributed by atoms with E-state index in [0.717, 1.165) is 12.1 Å². The van der Waals surface area contributed by atoms with E-state index in [4.69, 9.17) is 0 Å².